The van der Waals surface area contributed by atoms with E-state index in [9.17, 15) is 14.7 Å². The van der Waals surface area contributed by atoms with Gasteiger partial charge in [0.05, 0.1) is 13.2 Å². The van der Waals surface area contributed by atoms with Crippen LogP contribution in [-0.2, 0) is 4.79 Å². The first-order valence-corrected chi connectivity index (χ1v) is 10.2. The van der Waals surface area contributed by atoms with Gasteiger partial charge in [0.2, 0.25) is 0 Å². The number of carboxylic acid groups (broad SMARTS) is 1. The zero-order valence-corrected chi connectivity index (χ0v) is 16.6. The number of thioether (sulfide) groups is 1. The molecule has 26 heavy (non-hydrogen) atoms. The molecule has 1 aromatic carbocycles. The van der Waals surface area contributed by atoms with Crippen LogP contribution in [0.4, 0.5) is 0 Å². The first-order chi connectivity index (χ1) is 12.5. The second-order valence-corrected chi connectivity index (χ2v) is 7.04. The van der Waals surface area contributed by atoms with E-state index in [-0.39, 0.29) is 0 Å². The average molecular weight is 384 g/mol. The molecule has 0 aliphatic carbocycles. The van der Waals surface area contributed by atoms with E-state index in [2.05, 4.69) is 12.2 Å². The number of ether oxygens (including phenoxy) is 2. The number of unbranched alkanes of at least 4 members (excludes halogenated alkanes) is 1. The number of hydrogen-bond donors (Lipinski definition) is 2. The number of carbonyl (C=O) groups is 2. The number of benzene rings is 1. The molecule has 2 N–H and O–H groups in total. The third kappa shape index (κ3) is 7.56. The Balaban J connectivity index is 2.82. The van der Waals surface area contributed by atoms with Crippen molar-refractivity contribution in [2.75, 3.05) is 24.7 Å². The standard InChI is InChI=1S/C19H29NO5S/c1-4-7-11-25-16-9-8-14(13-17(16)24-5-2)18(21)20-15(19(22)23)10-12-26-6-3/h8-9,13,15H,4-7,10-12H2,1-3H3,(H,20,21)(H,22,23). The van der Waals surface area contributed by atoms with E-state index in [1.54, 1.807) is 30.0 Å². The van der Waals surface area contributed by atoms with E-state index in [4.69, 9.17) is 9.47 Å². The lowest BCUT2D eigenvalue weighted by Crippen LogP contribution is -2.41. The molecule has 0 saturated carbocycles. The Morgan fingerprint density at radius 1 is 1.19 bits per heavy atom. The Labute approximate surface area is 159 Å². The summed E-state index contributed by atoms with van der Waals surface area (Å²) in [6.45, 7) is 6.98. The van der Waals surface area contributed by atoms with Crippen molar-refractivity contribution in [3.8, 4) is 11.5 Å². The Kier molecular flexibility index (Phi) is 10.6. The van der Waals surface area contributed by atoms with Gasteiger partial charge in [-0.05, 0) is 49.5 Å². The predicted octanol–water partition coefficient (Wildman–Crippen LogP) is 3.59. The summed E-state index contributed by atoms with van der Waals surface area (Å²) in [5, 5.41) is 11.9. The number of aliphatic carboxylic acids is 1. The summed E-state index contributed by atoms with van der Waals surface area (Å²) in [6, 6.07) is 4.01. The fourth-order valence-corrected chi connectivity index (χ4v) is 2.90. The molecule has 7 heteroatoms. The van der Waals surface area contributed by atoms with Crippen LogP contribution >= 0.6 is 11.8 Å². The van der Waals surface area contributed by atoms with Crippen LogP contribution in [0.5, 0.6) is 11.5 Å². The van der Waals surface area contributed by atoms with Crippen LogP contribution in [0.2, 0.25) is 0 Å². The third-order valence-electron chi connectivity index (χ3n) is 3.62. The molecule has 1 aromatic rings. The first kappa shape index (κ1) is 22.2. The van der Waals surface area contributed by atoms with Crippen LogP contribution < -0.4 is 14.8 Å². The van der Waals surface area contributed by atoms with Gasteiger partial charge in [-0.2, -0.15) is 11.8 Å². The highest BCUT2D eigenvalue weighted by Gasteiger charge is 2.21. The van der Waals surface area contributed by atoms with E-state index in [1.807, 2.05) is 13.8 Å². The molecule has 0 bridgehead atoms. The van der Waals surface area contributed by atoms with Gasteiger partial charge >= 0.3 is 5.97 Å². The molecule has 0 heterocycles. The van der Waals surface area contributed by atoms with Crippen molar-refractivity contribution in [1.29, 1.82) is 0 Å². The molecule has 1 unspecified atom stereocenters. The number of carbonyl (C=O) groups excluding carboxylic acids is 1. The molecular weight excluding hydrogens is 354 g/mol. The maximum Gasteiger partial charge on any atom is 0.326 e. The largest absolute Gasteiger partial charge is 0.490 e. The van der Waals surface area contributed by atoms with E-state index >= 15 is 0 Å². The second-order valence-electron chi connectivity index (χ2n) is 5.65. The van der Waals surface area contributed by atoms with Gasteiger partial charge in [-0.1, -0.05) is 20.3 Å². The Bertz CT molecular complexity index is 579. The van der Waals surface area contributed by atoms with Crippen LogP contribution in [0.3, 0.4) is 0 Å². The number of hydrogen-bond acceptors (Lipinski definition) is 5. The van der Waals surface area contributed by atoms with Gasteiger partial charge < -0.3 is 19.9 Å². The summed E-state index contributed by atoms with van der Waals surface area (Å²) in [5.41, 5.74) is 0.352. The normalized spacial score (nSPS) is 11.7. The van der Waals surface area contributed by atoms with Crippen LogP contribution in [0.25, 0.3) is 0 Å². The molecule has 6 nitrogen and oxygen atoms in total. The molecule has 0 aliphatic heterocycles. The van der Waals surface area contributed by atoms with Crippen molar-refractivity contribution in [2.45, 2.75) is 46.1 Å². The average Bonchev–Trinajstić information content (AvgIpc) is 2.62. The Hall–Kier alpha value is -1.89. The molecule has 146 valence electrons. The molecule has 0 saturated heterocycles. The van der Waals surface area contributed by atoms with E-state index < -0.39 is 17.9 Å². The maximum atomic E-state index is 12.4. The van der Waals surface area contributed by atoms with Gasteiger partial charge in [-0.15, -0.1) is 0 Å². The molecule has 0 aliphatic rings. The van der Waals surface area contributed by atoms with Crippen molar-refractivity contribution < 1.29 is 24.2 Å². The van der Waals surface area contributed by atoms with Gasteiger partial charge in [0.25, 0.3) is 5.91 Å². The van der Waals surface area contributed by atoms with Crippen molar-refractivity contribution in [3.63, 3.8) is 0 Å². The van der Waals surface area contributed by atoms with Crippen molar-refractivity contribution in [2.24, 2.45) is 0 Å². The van der Waals surface area contributed by atoms with Crippen LogP contribution in [0, 0.1) is 0 Å². The second kappa shape index (κ2) is 12.5. The smallest absolute Gasteiger partial charge is 0.326 e. The highest BCUT2D eigenvalue weighted by atomic mass is 32.2. The van der Waals surface area contributed by atoms with Crippen molar-refractivity contribution in [1.82, 2.24) is 5.32 Å². The maximum absolute atomic E-state index is 12.4. The van der Waals surface area contributed by atoms with E-state index in [1.165, 1.54) is 0 Å². The van der Waals surface area contributed by atoms with Crippen LogP contribution in [-0.4, -0.2) is 47.7 Å². The molecule has 1 atom stereocenters. The first-order valence-electron chi connectivity index (χ1n) is 9.04. The quantitative estimate of drug-likeness (QED) is 0.506. The Morgan fingerprint density at radius 3 is 2.58 bits per heavy atom. The molecule has 0 radical (unpaired) electrons. The fraction of sp³-hybridized carbons (Fsp3) is 0.579. The molecule has 0 aromatic heterocycles. The third-order valence-corrected chi connectivity index (χ3v) is 4.55. The summed E-state index contributed by atoms with van der Waals surface area (Å²) in [4.78, 5) is 23.8. The van der Waals surface area contributed by atoms with Gasteiger partial charge in [0.15, 0.2) is 11.5 Å². The summed E-state index contributed by atoms with van der Waals surface area (Å²) in [7, 11) is 0. The number of nitrogens with one attached hydrogen (secondary N) is 1. The minimum Gasteiger partial charge on any atom is -0.490 e. The molecule has 1 amide bonds. The van der Waals surface area contributed by atoms with E-state index in [0.29, 0.717) is 42.4 Å². The van der Waals surface area contributed by atoms with Crippen LogP contribution in [0.1, 0.15) is 50.4 Å². The fourth-order valence-electron chi connectivity index (χ4n) is 2.21. The highest BCUT2D eigenvalue weighted by molar-refractivity contribution is 7.99. The Morgan fingerprint density at radius 2 is 1.96 bits per heavy atom. The number of amides is 1. The zero-order valence-electron chi connectivity index (χ0n) is 15.7. The minimum absolute atomic E-state index is 0.352. The van der Waals surface area contributed by atoms with Crippen LogP contribution in [0.15, 0.2) is 18.2 Å². The lowest BCUT2D eigenvalue weighted by Gasteiger charge is -2.16. The molecule has 0 fully saturated rings. The zero-order chi connectivity index (χ0) is 19.4. The SMILES string of the molecule is CCCCOc1ccc(C(=O)NC(CCSCC)C(=O)O)cc1OCC. The topological polar surface area (TPSA) is 84.9 Å². The van der Waals surface area contributed by atoms with Crippen molar-refractivity contribution in [3.05, 3.63) is 23.8 Å². The summed E-state index contributed by atoms with van der Waals surface area (Å²) >= 11 is 1.65. The van der Waals surface area contributed by atoms with Crippen molar-refractivity contribution >= 4 is 23.6 Å². The summed E-state index contributed by atoms with van der Waals surface area (Å²) in [5.74, 6) is 1.22. The number of rotatable bonds is 13. The van der Waals surface area contributed by atoms with E-state index in [0.717, 1.165) is 18.6 Å². The summed E-state index contributed by atoms with van der Waals surface area (Å²) in [6.07, 6.45) is 2.34. The van der Waals surface area contributed by atoms with Gasteiger partial charge in [-0.25, -0.2) is 4.79 Å². The molecule has 1 rings (SSSR count). The molecule has 0 spiro atoms. The minimum atomic E-state index is -1.03. The lowest BCUT2D eigenvalue weighted by molar-refractivity contribution is -0.139. The van der Waals surface area contributed by atoms with Gasteiger partial charge in [0.1, 0.15) is 6.04 Å². The number of carboxylic acids is 1. The predicted molar refractivity (Wildman–Crippen MR) is 105 cm³/mol. The summed E-state index contributed by atoms with van der Waals surface area (Å²) < 4.78 is 11.3. The van der Waals surface area contributed by atoms with Gasteiger partial charge in [-0.3, -0.25) is 4.79 Å². The highest BCUT2D eigenvalue weighted by Crippen LogP contribution is 2.29. The monoisotopic (exact) mass is 383 g/mol. The molecular formula is C19H29NO5S. The van der Waals surface area contributed by atoms with Gasteiger partial charge in [0, 0.05) is 5.56 Å². The lowest BCUT2D eigenvalue weighted by atomic mass is 10.1.